The van der Waals surface area contributed by atoms with Crippen molar-refractivity contribution < 1.29 is 0 Å². The van der Waals surface area contributed by atoms with Gasteiger partial charge in [0.05, 0.1) is 0 Å². The summed E-state index contributed by atoms with van der Waals surface area (Å²) in [7, 11) is 0. The molecule has 0 saturated heterocycles. The third-order valence-electron chi connectivity index (χ3n) is 7.93. The van der Waals surface area contributed by atoms with Crippen molar-refractivity contribution in [2.75, 3.05) is 4.90 Å². The van der Waals surface area contributed by atoms with Gasteiger partial charge in [0.1, 0.15) is 0 Å². The lowest BCUT2D eigenvalue weighted by molar-refractivity contribution is 0.559. The Morgan fingerprint density at radius 1 is 0.474 bits per heavy atom. The van der Waals surface area contributed by atoms with Crippen molar-refractivity contribution in [3.05, 3.63) is 132 Å². The van der Waals surface area contributed by atoms with Crippen molar-refractivity contribution in [1.29, 1.82) is 0 Å². The summed E-state index contributed by atoms with van der Waals surface area (Å²) >= 11 is 0. The summed E-state index contributed by atoms with van der Waals surface area (Å²) in [6.45, 7) is 11.6. The molecule has 1 aliphatic carbocycles. The molecule has 38 heavy (non-hydrogen) atoms. The maximum absolute atomic E-state index is 2.49. The highest BCUT2D eigenvalue weighted by molar-refractivity contribution is 5.88. The molecule has 0 unspecified atom stereocenters. The van der Waals surface area contributed by atoms with Gasteiger partial charge < -0.3 is 4.90 Å². The fourth-order valence-electron chi connectivity index (χ4n) is 6.15. The predicted octanol–water partition coefficient (Wildman–Crippen LogP) is 10.3. The van der Waals surface area contributed by atoms with E-state index in [1.54, 1.807) is 0 Å². The van der Waals surface area contributed by atoms with Crippen molar-refractivity contribution in [2.24, 2.45) is 0 Å². The van der Waals surface area contributed by atoms with Gasteiger partial charge in [-0.15, -0.1) is 0 Å². The van der Waals surface area contributed by atoms with Crippen LogP contribution < -0.4 is 4.90 Å². The van der Waals surface area contributed by atoms with Crippen LogP contribution in [0.3, 0.4) is 0 Å². The maximum Gasteiger partial charge on any atom is 0.0422 e. The van der Waals surface area contributed by atoms with Gasteiger partial charge in [-0.3, -0.25) is 0 Å². The Morgan fingerprint density at radius 3 is 1.61 bits per heavy atom. The number of rotatable bonds is 4. The molecular formula is C37H35N. The Hall–Kier alpha value is -4.10. The molecule has 0 bridgehead atoms. The summed E-state index contributed by atoms with van der Waals surface area (Å²) in [6, 6.07) is 44.3. The molecule has 0 saturated carbocycles. The molecule has 188 valence electrons. The number of benzene rings is 5. The summed E-state index contributed by atoms with van der Waals surface area (Å²) in [5.41, 5.74) is 12.8. The van der Waals surface area contributed by atoms with Crippen LogP contribution in [0, 0.1) is 0 Å². The van der Waals surface area contributed by atoms with Gasteiger partial charge in [0.2, 0.25) is 0 Å². The molecular weight excluding hydrogens is 458 g/mol. The minimum absolute atomic E-state index is 0.0299. The summed E-state index contributed by atoms with van der Waals surface area (Å²) in [6.07, 6.45) is 0. The van der Waals surface area contributed by atoms with E-state index in [4.69, 9.17) is 0 Å². The molecule has 0 fully saturated rings. The Labute approximate surface area is 227 Å². The van der Waals surface area contributed by atoms with Crippen LogP contribution >= 0.6 is 0 Å². The number of fused-ring (bicyclic) bond motifs is 3. The molecule has 1 heteroatoms. The van der Waals surface area contributed by atoms with Crippen molar-refractivity contribution in [1.82, 2.24) is 0 Å². The molecule has 1 aliphatic rings. The van der Waals surface area contributed by atoms with E-state index >= 15 is 0 Å². The Balaban J connectivity index is 1.52. The minimum Gasteiger partial charge on any atom is -0.336 e. The Bertz CT molecular complexity index is 1600. The average Bonchev–Trinajstić information content (AvgIpc) is 3.15. The van der Waals surface area contributed by atoms with Crippen LogP contribution in [-0.4, -0.2) is 5.54 Å². The van der Waals surface area contributed by atoms with E-state index in [9.17, 15) is 0 Å². The SMILES string of the molecule is CC1(C)c2ccccc2-c2ccc(N(c3ccc(-c4ccccc4)c(-c4ccccc4)c3)C(C)(C)C)cc21. The smallest absolute Gasteiger partial charge is 0.0422 e. The predicted molar refractivity (Wildman–Crippen MR) is 163 cm³/mol. The highest BCUT2D eigenvalue weighted by Crippen LogP contribution is 2.50. The van der Waals surface area contributed by atoms with Crippen LogP contribution in [0.25, 0.3) is 33.4 Å². The molecule has 0 aliphatic heterocycles. The van der Waals surface area contributed by atoms with E-state index in [1.807, 2.05) is 0 Å². The number of hydrogen-bond donors (Lipinski definition) is 0. The fraction of sp³-hybridized carbons (Fsp3) is 0.189. The van der Waals surface area contributed by atoms with Gasteiger partial charge in [-0.25, -0.2) is 0 Å². The lowest BCUT2D eigenvalue weighted by atomic mass is 9.82. The molecule has 6 rings (SSSR count). The molecule has 0 N–H and O–H groups in total. The van der Waals surface area contributed by atoms with Gasteiger partial charge in [-0.2, -0.15) is 0 Å². The molecule has 0 heterocycles. The van der Waals surface area contributed by atoms with Gasteiger partial charge in [-0.05, 0) is 89.5 Å². The minimum atomic E-state index is -0.119. The van der Waals surface area contributed by atoms with Crippen molar-refractivity contribution in [3.8, 4) is 33.4 Å². The van der Waals surface area contributed by atoms with Gasteiger partial charge in [0.15, 0.2) is 0 Å². The zero-order chi connectivity index (χ0) is 26.5. The van der Waals surface area contributed by atoms with Crippen molar-refractivity contribution >= 4 is 11.4 Å². The van der Waals surface area contributed by atoms with Crippen LogP contribution in [-0.2, 0) is 5.41 Å². The zero-order valence-electron chi connectivity index (χ0n) is 23.0. The molecule has 0 amide bonds. The summed E-state index contributed by atoms with van der Waals surface area (Å²) < 4.78 is 0. The van der Waals surface area contributed by atoms with Crippen LogP contribution in [0.4, 0.5) is 11.4 Å². The van der Waals surface area contributed by atoms with E-state index in [0.717, 1.165) is 0 Å². The normalized spacial score (nSPS) is 13.6. The quantitative estimate of drug-likeness (QED) is 0.241. The fourth-order valence-corrected chi connectivity index (χ4v) is 6.15. The monoisotopic (exact) mass is 493 g/mol. The van der Waals surface area contributed by atoms with E-state index < -0.39 is 0 Å². The zero-order valence-corrected chi connectivity index (χ0v) is 23.0. The van der Waals surface area contributed by atoms with Crippen LogP contribution in [0.2, 0.25) is 0 Å². The second-order valence-corrected chi connectivity index (χ2v) is 11.9. The Morgan fingerprint density at radius 2 is 0.974 bits per heavy atom. The average molecular weight is 494 g/mol. The summed E-state index contributed by atoms with van der Waals surface area (Å²) in [4.78, 5) is 2.49. The molecule has 1 nitrogen and oxygen atoms in total. The largest absolute Gasteiger partial charge is 0.336 e. The highest BCUT2D eigenvalue weighted by Gasteiger charge is 2.36. The second-order valence-electron chi connectivity index (χ2n) is 11.9. The van der Waals surface area contributed by atoms with E-state index in [-0.39, 0.29) is 11.0 Å². The first kappa shape index (κ1) is 24.2. The van der Waals surface area contributed by atoms with Crippen molar-refractivity contribution in [3.63, 3.8) is 0 Å². The number of hydrogen-bond acceptors (Lipinski definition) is 1. The third kappa shape index (κ3) is 4.03. The molecule has 0 radical (unpaired) electrons. The maximum atomic E-state index is 2.49. The molecule has 5 aromatic carbocycles. The lowest BCUT2D eigenvalue weighted by Crippen LogP contribution is -2.37. The summed E-state index contributed by atoms with van der Waals surface area (Å²) in [5, 5.41) is 0. The van der Waals surface area contributed by atoms with Crippen LogP contribution in [0.5, 0.6) is 0 Å². The third-order valence-corrected chi connectivity index (χ3v) is 7.93. The standard InChI is InChI=1S/C37H35N/c1-36(2,3)38(29-21-23-32-31-18-12-13-19-34(31)37(4,5)35(32)25-29)28-20-22-30(26-14-8-6-9-15-26)33(24-28)27-16-10-7-11-17-27/h6-25H,1-5H3. The molecule has 0 atom stereocenters. The Kier molecular flexibility index (Phi) is 5.76. The first-order chi connectivity index (χ1) is 18.2. The lowest BCUT2D eigenvalue weighted by Gasteiger charge is -2.39. The first-order valence-corrected chi connectivity index (χ1v) is 13.5. The van der Waals surface area contributed by atoms with Gasteiger partial charge in [-0.1, -0.05) is 111 Å². The van der Waals surface area contributed by atoms with E-state index in [0.29, 0.717) is 0 Å². The van der Waals surface area contributed by atoms with E-state index in [2.05, 4.69) is 161 Å². The van der Waals surface area contributed by atoms with Crippen LogP contribution in [0.1, 0.15) is 45.7 Å². The first-order valence-electron chi connectivity index (χ1n) is 13.5. The van der Waals surface area contributed by atoms with Gasteiger partial charge in [0, 0.05) is 22.3 Å². The molecule has 0 aromatic heterocycles. The molecule has 0 spiro atoms. The second kappa shape index (κ2) is 9.03. The van der Waals surface area contributed by atoms with Crippen molar-refractivity contribution in [2.45, 2.75) is 45.6 Å². The number of nitrogens with zero attached hydrogens (tertiary/aromatic N) is 1. The van der Waals surface area contributed by atoms with Gasteiger partial charge in [0.25, 0.3) is 0 Å². The number of anilines is 2. The van der Waals surface area contributed by atoms with E-state index in [1.165, 1.54) is 55.9 Å². The summed E-state index contributed by atoms with van der Waals surface area (Å²) in [5.74, 6) is 0. The van der Waals surface area contributed by atoms with Crippen LogP contribution in [0.15, 0.2) is 121 Å². The highest BCUT2D eigenvalue weighted by atomic mass is 15.2. The topological polar surface area (TPSA) is 3.24 Å². The van der Waals surface area contributed by atoms with Gasteiger partial charge >= 0.3 is 0 Å². The molecule has 5 aromatic rings.